The molecule has 2 aliphatic heterocycles. The smallest absolute Gasteiger partial charge is 0.108 e. The molecule has 2 atom stereocenters. The normalized spacial score (nSPS) is 28.1. The van der Waals surface area contributed by atoms with Gasteiger partial charge in [-0.15, -0.1) is 0 Å². The summed E-state index contributed by atoms with van der Waals surface area (Å²) in [6, 6.07) is 0.615. The Balaban J connectivity index is 1.65. The molecule has 100 valence electrons. The lowest BCUT2D eigenvalue weighted by Crippen LogP contribution is -2.35. The predicted octanol–water partition coefficient (Wildman–Crippen LogP) is 1.12. The number of aliphatic hydroxyl groups excluding tert-OH is 1. The molecule has 4 nitrogen and oxygen atoms in total. The fourth-order valence-electron chi connectivity index (χ4n) is 3.17. The topological polar surface area (TPSA) is 50.1 Å². The zero-order chi connectivity index (χ0) is 12.4. The van der Waals surface area contributed by atoms with Crippen molar-refractivity contribution in [3.8, 4) is 0 Å². The number of rotatable bonds is 3. The molecule has 3 heterocycles. The molecule has 0 aromatic carbocycles. The molecule has 0 spiro atoms. The molecule has 0 saturated carbocycles. The monoisotopic (exact) mass is 249 g/mol. The quantitative estimate of drug-likeness (QED) is 0.844. The van der Waals surface area contributed by atoms with Crippen LogP contribution in [-0.2, 0) is 19.4 Å². The summed E-state index contributed by atoms with van der Waals surface area (Å²) in [4.78, 5) is 4.75. The molecule has 4 heteroatoms. The van der Waals surface area contributed by atoms with Gasteiger partial charge in [-0.1, -0.05) is 6.42 Å². The molecule has 1 aromatic rings. The maximum Gasteiger partial charge on any atom is 0.108 e. The lowest BCUT2D eigenvalue weighted by atomic mass is 10.0. The molecule has 1 saturated heterocycles. The maximum atomic E-state index is 9.24. The van der Waals surface area contributed by atoms with Gasteiger partial charge in [0.2, 0.25) is 0 Å². The minimum atomic E-state index is 0.303. The van der Waals surface area contributed by atoms with E-state index in [1.165, 1.54) is 30.8 Å². The average molecular weight is 249 g/mol. The molecule has 0 bridgehead atoms. The highest BCUT2D eigenvalue weighted by molar-refractivity contribution is 5.08. The van der Waals surface area contributed by atoms with Gasteiger partial charge in [0.1, 0.15) is 5.82 Å². The average Bonchev–Trinajstić information content (AvgIpc) is 2.80. The first-order chi connectivity index (χ1) is 8.85. The third-order valence-electron chi connectivity index (χ3n) is 4.27. The van der Waals surface area contributed by atoms with Crippen LogP contribution in [-0.4, -0.2) is 33.9 Å². The van der Waals surface area contributed by atoms with Crippen molar-refractivity contribution in [1.82, 2.24) is 14.9 Å². The predicted molar refractivity (Wildman–Crippen MR) is 70.5 cm³/mol. The van der Waals surface area contributed by atoms with E-state index in [1.807, 2.05) is 0 Å². The van der Waals surface area contributed by atoms with Crippen molar-refractivity contribution in [1.29, 1.82) is 0 Å². The van der Waals surface area contributed by atoms with Crippen molar-refractivity contribution in [3.05, 3.63) is 17.7 Å². The van der Waals surface area contributed by atoms with E-state index >= 15 is 0 Å². The second kappa shape index (κ2) is 5.41. The fraction of sp³-hybridized carbons (Fsp3) is 0.786. The van der Waals surface area contributed by atoms with Crippen LogP contribution < -0.4 is 5.32 Å². The van der Waals surface area contributed by atoms with Crippen molar-refractivity contribution in [3.63, 3.8) is 0 Å². The number of aryl methyl sites for hydroxylation is 1. The van der Waals surface area contributed by atoms with Gasteiger partial charge >= 0.3 is 0 Å². The molecule has 0 radical (unpaired) electrons. The summed E-state index contributed by atoms with van der Waals surface area (Å²) in [6.45, 7) is 2.40. The first-order valence-electron chi connectivity index (χ1n) is 7.24. The third-order valence-corrected chi connectivity index (χ3v) is 4.27. The van der Waals surface area contributed by atoms with Gasteiger partial charge in [0.25, 0.3) is 0 Å². The number of fused-ring (bicyclic) bond motifs is 1. The first kappa shape index (κ1) is 12.2. The number of hydrogen-bond donors (Lipinski definition) is 2. The van der Waals surface area contributed by atoms with Gasteiger partial charge in [-0.05, 0) is 25.8 Å². The van der Waals surface area contributed by atoms with E-state index in [-0.39, 0.29) is 0 Å². The molecular formula is C14H23N3O. The Morgan fingerprint density at radius 2 is 2.33 bits per heavy atom. The molecule has 1 aromatic heterocycles. The highest BCUT2D eigenvalue weighted by Gasteiger charge is 2.21. The highest BCUT2D eigenvalue weighted by atomic mass is 16.3. The number of piperidine rings is 1. The zero-order valence-electron chi connectivity index (χ0n) is 10.9. The molecule has 2 unspecified atom stereocenters. The minimum Gasteiger partial charge on any atom is -0.396 e. The van der Waals surface area contributed by atoms with Crippen LogP contribution in [0.25, 0.3) is 0 Å². The Morgan fingerprint density at radius 1 is 1.39 bits per heavy atom. The van der Waals surface area contributed by atoms with Crippen molar-refractivity contribution in [2.24, 2.45) is 5.92 Å². The Labute approximate surface area is 108 Å². The summed E-state index contributed by atoms with van der Waals surface area (Å²) in [6.07, 6.45) is 9.29. The number of imidazole rings is 1. The Bertz CT molecular complexity index is 396. The van der Waals surface area contributed by atoms with E-state index in [0.717, 1.165) is 32.4 Å². The maximum absolute atomic E-state index is 9.24. The van der Waals surface area contributed by atoms with Gasteiger partial charge in [0, 0.05) is 44.1 Å². The molecule has 3 rings (SSSR count). The van der Waals surface area contributed by atoms with Crippen LogP contribution in [0.1, 0.15) is 37.2 Å². The number of hydrogen-bond acceptors (Lipinski definition) is 3. The van der Waals surface area contributed by atoms with Gasteiger partial charge in [-0.3, -0.25) is 0 Å². The van der Waals surface area contributed by atoms with Gasteiger partial charge in [0.05, 0.1) is 5.69 Å². The Kier molecular flexibility index (Phi) is 3.66. The molecule has 0 amide bonds. The third kappa shape index (κ3) is 2.59. The fourth-order valence-corrected chi connectivity index (χ4v) is 3.17. The van der Waals surface area contributed by atoms with E-state index < -0.39 is 0 Å². The number of aliphatic hydroxyl groups is 1. The minimum absolute atomic E-state index is 0.303. The molecule has 1 fully saturated rings. The van der Waals surface area contributed by atoms with Crippen LogP contribution in [0.2, 0.25) is 0 Å². The largest absolute Gasteiger partial charge is 0.396 e. The first-order valence-corrected chi connectivity index (χ1v) is 7.24. The van der Waals surface area contributed by atoms with Gasteiger partial charge < -0.3 is 15.0 Å². The van der Waals surface area contributed by atoms with Crippen LogP contribution >= 0.6 is 0 Å². The van der Waals surface area contributed by atoms with Crippen LogP contribution in [0.3, 0.4) is 0 Å². The molecular weight excluding hydrogens is 226 g/mol. The van der Waals surface area contributed by atoms with Gasteiger partial charge in [-0.25, -0.2) is 4.98 Å². The summed E-state index contributed by atoms with van der Waals surface area (Å²) in [5.41, 5.74) is 1.22. The molecule has 2 aliphatic rings. The van der Waals surface area contributed by atoms with Crippen LogP contribution in [0.4, 0.5) is 0 Å². The lowest BCUT2D eigenvalue weighted by molar-refractivity contribution is 0.190. The standard InChI is InChI=1S/C14H23N3O/c18-10-11-4-5-14-16-13(9-17(14)8-11)7-12-3-1-2-6-15-12/h9,11-12,15,18H,1-8,10H2. The van der Waals surface area contributed by atoms with Crippen molar-refractivity contribution in [2.45, 2.75) is 51.1 Å². The van der Waals surface area contributed by atoms with Crippen molar-refractivity contribution in [2.75, 3.05) is 13.2 Å². The second-order valence-corrected chi connectivity index (χ2v) is 5.74. The number of nitrogens with zero attached hydrogens (tertiary/aromatic N) is 2. The highest BCUT2D eigenvalue weighted by Crippen LogP contribution is 2.21. The molecule has 0 aliphatic carbocycles. The number of nitrogens with one attached hydrogen (secondary N) is 1. The Hall–Kier alpha value is -0.870. The van der Waals surface area contributed by atoms with E-state index in [1.54, 1.807) is 0 Å². The summed E-state index contributed by atoms with van der Waals surface area (Å²) in [7, 11) is 0. The van der Waals surface area contributed by atoms with E-state index in [9.17, 15) is 5.11 Å². The zero-order valence-corrected chi connectivity index (χ0v) is 10.9. The van der Waals surface area contributed by atoms with Crippen LogP contribution in [0, 0.1) is 5.92 Å². The summed E-state index contributed by atoms with van der Waals surface area (Å²) < 4.78 is 2.25. The van der Waals surface area contributed by atoms with Crippen LogP contribution in [0.5, 0.6) is 0 Å². The van der Waals surface area contributed by atoms with E-state index in [0.29, 0.717) is 18.6 Å². The van der Waals surface area contributed by atoms with Crippen molar-refractivity contribution < 1.29 is 5.11 Å². The Morgan fingerprint density at radius 3 is 3.11 bits per heavy atom. The van der Waals surface area contributed by atoms with E-state index in [2.05, 4.69) is 16.1 Å². The summed E-state index contributed by atoms with van der Waals surface area (Å²) in [5.74, 6) is 1.64. The van der Waals surface area contributed by atoms with Crippen LogP contribution in [0.15, 0.2) is 6.20 Å². The second-order valence-electron chi connectivity index (χ2n) is 5.74. The van der Waals surface area contributed by atoms with E-state index in [4.69, 9.17) is 4.98 Å². The summed E-state index contributed by atoms with van der Waals surface area (Å²) >= 11 is 0. The molecule has 2 N–H and O–H groups in total. The van der Waals surface area contributed by atoms with Crippen molar-refractivity contribution >= 4 is 0 Å². The molecule has 18 heavy (non-hydrogen) atoms. The van der Waals surface area contributed by atoms with Gasteiger partial charge in [-0.2, -0.15) is 0 Å². The van der Waals surface area contributed by atoms with Gasteiger partial charge in [0.15, 0.2) is 0 Å². The SMILES string of the molecule is OCC1CCc2nc(CC3CCCCN3)cn2C1. The number of aromatic nitrogens is 2. The summed E-state index contributed by atoms with van der Waals surface area (Å²) in [5, 5.41) is 12.8. The lowest BCUT2D eigenvalue weighted by Gasteiger charge is -2.22.